The van der Waals surface area contributed by atoms with E-state index in [9.17, 15) is 13.2 Å². The third-order valence-corrected chi connectivity index (χ3v) is 2.46. The maximum absolute atomic E-state index is 12.5. The Labute approximate surface area is 80.0 Å². The average Bonchev–Trinajstić information content (AvgIpc) is 2.70. The van der Waals surface area contributed by atoms with Crippen molar-refractivity contribution in [1.29, 1.82) is 0 Å². The quantitative estimate of drug-likeness (QED) is 0.770. The van der Waals surface area contributed by atoms with E-state index >= 15 is 0 Å². The molecule has 72 valence electrons. The molecule has 1 aromatic heterocycles. The molecule has 1 aromatic rings. The fourth-order valence-electron chi connectivity index (χ4n) is 1.17. The fourth-order valence-corrected chi connectivity index (χ4v) is 1.41. The van der Waals surface area contributed by atoms with Crippen molar-refractivity contribution in [3.63, 3.8) is 0 Å². The van der Waals surface area contributed by atoms with E-state index in [4.69, 9.17) is 0 Å². The minimum absolute atomic E-state index is 0.0671. The minimum atomic E-state index is -4.26. The highest BCUT2D eigenvalue weighted by atomic mass is 79.9. The van der Waals surface area contributed by atoms with E-state index in [0.717, 1.165) is 4.80 Å². The summed E-state index contributed by atoms with van der Waals surface area (Å²) < 4.78 is 37.7. The van der Waals surface area contributed by atoms with Gasteiger partial charge in [0.1, 0.15) is 4.60 Å². The van der Waals surface area contributed by atoms with Gasteiger partial charge in [0.2, 0.25) is 0 Å². The van der Waals surface area contributed by atoms with Gasteiger partial charge in [-0.15, -0.1) is 5.10 Å². The number of hydrogen-bond acceptors (Lipinski definition) is 2. The van der Waals surface area contributed by atoms with E-state index in [-0.39, 0.29) is 12.8 Å². The van der Waals surface area contributed by atoms with E-state index in [0.29, 0.717) is 4.60 Å². The molecule has 3 nitrogen and oxygen atoms in total. The lowest BCUT2D eigenvalue weighted by molar-refractivity contribution is -0.185. The molecule has 0 radical (unpaired) electrons. The van der Waals surface area contributed by atoms with E-state index in [2.05, 4.69) is 26.1 Å². The second-order valence-electron chi connectivity index (χ2n) is 2.99. The Morgan fingerprint density at radius 1 is 1.46 bits per heavy atom. The van der Waals surface area contributed by atoms with E-state index in [1.54, 1.807) is 0 Å². The Balaban J connectivity index is 2.36. The average molecular weight is 256 g/mol. The summed E-state index contributed by atoms with van der Waals surface area (Å²) in [4.78, 5) is 0.747. The molecule has 2 rings (SSSR count). The summed E-state index contributed by atoms with van der Waals surface area (Å²) in [7, 11) is 0. The van der Waals surface area contributed by atoms with Gasteiger partial charge in [-0.25, -0.2) is 0 Å². The number of aromatic nitrogens is 3. The highest BCUT2D eigenvalue weighted by Crippen LogP contribution is 2.54. The lowest BCUT2D eigenvalue weighted by atomic mass is 10.3. The number of rotatable bonds is 1. The van der Waals surface area contributed by atoms with Crippen LogP contribution in [0.3, 0.4) is 0 Å². The Kier molecular flexibility index (Phi) is 1.70. The van der Waals surface area contributed by atoms with Crippen LogP contribution in [0, 0.1) is 0 Å². The predicted molar refractivity (Wildman–Crippen MR) is 41.0 cm³/mol. The molecule has 0 aliphatic heterocycles. The number of halogens is 4. The predicted octanol–water partition coefficient (Wildman–Crippen LogP) is 2.09. The van der Waals surface area contributed by atoms with Crippen molar-refractivity contribution in [2.75, 3.05) is 0 Å². The van der Waals surface area contributed by atoms with Crippen LogP contribution in [-0.4, -0.2) is 21.2 Å². The summed E-state index contributed by atoms with van der Waals surface area (Å²) in [5.41, 5.74) is -1.83. The van der Waals surface area contributed by atoms with Crippen LogP contribution in [0.2, 0.25) is 0 Å². The lowest BCUT2D eigenvalue weighted by Crippen LogP contribution is -2.36. The van der Waals surface area contributed by atoms with Crippen LogP contribution in [0.1, 0.15) is 12.8 Å². The zero-order valence-electron chi connectivity index (χ0n) is 6.35. The zero-order valence-corrected chi connectivity index (χ0v) is 7.93. The van der Waals surface area contributed by atoms with Gasteiger partial charge < -0.3 is 0 Å². The van der Waals surface area contributed by atoms with Crippen LogP contribution >= 0.6 is 15.9 Å². The lowest BCUT2D eigenvalue weighted by Gasteiger charge is -2.17. The summed E-state index contributed by atoms with van der Waals surface area (Å²) >= 11 is 2.96. The van der Waals surface area contributed by atoms with Gasteiger partial charge in [0, 0.05) is 0 Å². The molecule has 0 aromatic carbocycles. The van der Waals surface area contributed by atoms with Crippen molar-refractivity contribution in [1.82, 2.24) is 15.0 Å². The molecular formula is C6H5BrF3N3. The van der Waals surface area contributed by atoms with Gasteiger partial charge in [0.15, 0.2) is 5.54 Å². The molecular weight excluding hydrogens is 251 g/mol. The molecule has 1 aliphatic carbocycles. The SMILES string of the molecule is FC(F)(F)C1(n2ncc(Br)n2)CC1. The second kappa shape index (κ2) is 2.46. The molecule has 1 aliphatic rings. The first-order valence-corrected chi connectivity index (χ1v) is 4.40. The standard InChI is InChI=1S/C6H5BrF3N3/c7-4-3-11-13(12-4)5(1-2-5)6(8,9)10/h3H,1-2H2. The summed E-state index contributed by atoms with van der Waals surface area (Å²) in [6, 6.07) is 0. The molecule has 0 spiro atoms. The van der Waals surface area contributed by atoms with Crippen molar-refractivity contribution in [2.45, 2.75) is 24.6 Å². The van der Waals surface area contributed by atoms with Crippen LogP contribution in [0.15, 0.2) is 10.8 Å². The first-order valence-electron chi connectivity index (χ1n) is 3.61. The summed E-state index contributed by atoms with van der Waals surface area (Å²) in [5.74, 6) is 0. The Bertz CT molecular complexity index is 328. The van der Waals surface area contributed by atoms with Crippen molar-refractivity contribution >= 4 is 15.9 Å². The van der Waals surface area contributed by atoms with Crippen molar-refractivity contribution in [3.8, 4) is 0 Å². The van der Waals surface area contributed by atoms with Crippen LogP contribution in [0.25, 0.3) is 0 Å². The molecule has 0 N–H and O–H groups in total. The monoisotopic (exact) mass is 255 g/mol. The fraction of sp³-hybridized carbons (Fsp3) is 0.667. The van der Waals surface area contributed by atoms with Gasteiger partial charge >= 0.3 is 6.18 Å². The highest BCUT2D eigenvalue weighted by Gasteiger charge is 2.66. The third-order valence-electron chi connectivity index (χ3n) is 2.10. The van der Waals surface area contributed by atoms with Crippen molar-refractivity contribution in [3.05, 3.63) is 10.8 Å². The van der Waals surface area contributed by atoms with E-state index < -0.39 is 11.7 Å². The first-order chi connectivity index (χ1) is 5.96. The van der Waals surface area contributed by atoms with Crippen LogP contribution < -0.4 is 0 Å². The molecule has 0 bridgehead atoms. The molecule has 0 saturated heterocycles. The molecule has 0 unspecified atom stereocenters. The van der Waals surface area contributed by atoms with Gasteiger partial charge in [0.25, 0.3) is 0 Å². The molecule has 7 heteroatoms. The molecule has 1 saturated carbocycles. The van der Waals surface area contributed by atoms with Crippen LogP contribution in [0.5, 0.6) is 0 Å². The Hall–Kier alpha value is -0.590. The molecule has 0 atom stereocenters. The molecule has 13 heavy (non-hydrogen) atoms. The number of hydrogen-bond donors (Lipinski definition) is 0. The van der Waals surface area contributed by atoms with Gasteiger partial charge in [-0.05, 0) is 28.8 Å². The second-order valence-corrected chi connectivity index (χ2v) is 3.80. The minimum Gasteiger partial charge on any atom is -0.168 e. The number of nitrogens with zero attached hydrogens (tertiary/aromatic N) is 3. The van der Waals surface area contributed by atoms with Crippen molar-refractivity contribution < 1.29 is 13.2 Å². The first kappa shape index (κ1) is 8.98. The molecule has 1 fully saturated rings. The van der Waals surface area contributed by atoms with Crippen LogP contribution in [-0.2, 0) is 5.54 Å². The van der Waals surface area contributed by atoms with E-state index in [1.807, 2.05) is 0 Å². The van der Waals surface area contributed by atoms with Gasteiger partial charge in [-0.1, -0.05) is 0 Å². The van der Waals surface area contributed by atoms with Crippen molar-refractivity contribution in [2.24, 2.45) is 0 Å². The largest absolute Gasteiger partial charge is 0.415 e. The van der Waals surface area contributed by atoms with Gasteiger partial charge in [-0.2, -0.15) is 23.1 Å². The summed E-state index contributed by atoms with van der Waals surface area (Å²) in [5, 5.41) is 7.17. The molecule has 0 amide bonds. The summed E-state index contributed by atoms with van der Waals surface area (Å²) in [6.45, 7) is 0. The molecule has 1 heterocycles. The van der Waals surface area contributed by atoms with Gasteiger partial charge in [0.05, 0.1) is 6.20 Å². The topological polar surface area (TPSA) is 30.7 Å². The van der Waals surface area contributed by atoms with Crippen LogP contribution in [0.4, 0.5) is 13.2 Å². The smallest absolute Gasteiger partial charge is 0.168 e. The Morgan fingerprint density at radius 2 is 2.08 bits per heavy atom. The maximum Gasteiger partial charge on any atom is 0.415 e. The number of alkyl halides is 3. The van der Waals surface area contributed by atoms with Gasteiger partial charge in [-0.3, -0.25) is 0 Å². The third kappa shape index (κ3) is 1.25. The normalized spacial score (nSPS) is 20.3. The maximum atomic E-state index is 12.5. The highest BCUT2D eigenvalue weighted by molar-refractivity contribution is 9.10. The zero-order chi connectivity index (χ0) is 9.69. The Morgan fingerprint density at radius 3 is 2.38 bits per heavy atom. The van der Waals surface area contributed by atoms with E-state index in [1.165, 1.54) is 6.20 Å². The summed E-state index contributed by atoms with van der Waals surface area (Å²) in [6.07, 6.45) is -2.87.